The molecule has 1 aliphatic heterocycles. The molecule has 1 fully saturated rings. The minimum Gasteiger partial charge on any atom is -0.390 e. The van der Waals surface area contributed by atoms with E-state index in [2.05, 4.69) is 0 Å². The molecule has 0 aromatic heterocycles. The number of ether oxygens (including phenoxy) is 1. The van der Waals surface area contributed by atoms with Crippen molar-refractivity contribution in [3.05, 3.63) is 0 Å². The summed E-state index contributed by atoms with van der Waals surface area (Å²) in [6, 6.07) is 0. The van der Waals surface area contributed by atoms with Gasteiger partial charge in [0.15, 0.2) is 0 Å². The van der Waals surface area contributed by atoms with Gasteiger partial charge in [0, 0.05) is 6.42 Å². The van der Waals surface area contributed by atoms with Crippen LogP contribution in [0, 0.1) is 0 Å². The molecule has 3 atom stereocenters. The fraction of sp³-hybridized carbons (Fsp3) is 1.00. The standard InChI is InChI=1S/C6H12O2/c1-4-3-6(7)5(2)8-4/h4-7H,3H2,1-2H3/t4-,5+,6+/m0/s1. The molecule has 0 aromatic rings. The van der Waals surface area contributed by atoms with Gasteiger partial charge < -0.3 is 9.84 Å². The van der Waals surface area contributed by atoms with E-state index in [1.807, 2.05) is 13.8 Å². The summed E-state index contributed by atoms with van der Waals surface area (Å²) in [5.41, 5.74) is 0. The van der Waals surface area contributed by atoms with E-state index in [9.17, 15) is 0 Å². The summed E-state index contributed by atoms with van der Waals surface area (Å²) in [5.74, 6) is 0. The van der Waals surface area contributed by atoms with Gasteiger partial charge in [0.1, 0.15) is 0 Å². The van der Waals surface area contributed by atoms with Crippen molar-refractivity contribution in [2.24, 2.45) is 0 Å². The molecule has 0 aromatic carbocycles. The highest BCUT2D eigenvalue weighted by molar-refractivity contribution is 4.75. The number of rotatable bonds is 0. The van der Waals surface area contributed by atoms with E-state index < -0.39 is 0 Å². The second kappa shape index (κ2) is 2.03. The number of hydrogen-bond acceptors (Lipinski definition) is 2. The molecule has 0 aliphatic carbocycles. The molecule has 0 unspecified atom stereocenters. The largest absolute Gasteiger partial charge is 0.390 e. The maximum Gasteiger partial charge on any atom is 0.0823 e. The maximum absolute atomic E-state index is 9.04. The van der Waals surface area contributed by atoms with Gasteiger partial charge in [-0.1, -0.05) is 0 Å². The van der Waals surface area contributed by atoms with Crippen LogP contribution >= 0.6 is 0 Å². The zero-order valence-electron chi connectivity index (χ0n) is 5.29. The van der Waals surface area contributed by atoms with Crippen LogP contribution in [0.15, 0.2) is 0 Å². The highest BCUT2D eigenvalue weighted by atomic mass is 16.5. The molecular weight excluding hydrogens is 104 g/mol. The molecule has 48 valence electrons. The average Bonchev–Trinajstić information content (AvgIpc) is 1.85. The van der Waals surface area contributed by atoms with Crippen molar-refractivity contribution in [1.82, 2.24) is 0 Å². The van der Waals surface area contributed by atoms with Gasteiger partial charge in [-0.3, -0.25) is 0 Å². The van der Waals surface area contributed by atoms with Crippen LogP contribution in [0.5, 0.6) is 0 Å². The third kappa shape index (κ3) is 1.01. The normalized spacial score (nSPS) is 47.6. The molecule has 1 N–H and O–H groups in total. The lowest BCUT2D eigenvalue weighted by Crippen LogP contribution is -2.15. The molecule has 0 spiro atoms. The predicted molar refractivity (Wildman–Crippen MR) is 30.6 cm³/mol. The Kier molecular flexibility index (Phi) is 1.54. The molecule has 8 heavy (non-hydrogen) atoms. The summed E-state index contributed by atoms with van der Waals surface area (Å²) >= 11 is 0. The van der Waals surface area contributed by atoms with Crippen LogP contribution < -0.4 is 0 Å². The lowest BCUT2D eigenvalue weighted by atomic mass is 10.2. The van der Waals surface area contributed by atoms with Gasteiger partial charge in [-0.2, -0.15) is 0 Å². The maximum atomic E-state index is 9.04. The van der Waals surface area contributed by atoms with Gasteiger partial charge in [-0.25, -0.2) is 0 Å². The molecular formula is C6H12O2. The van der Waals surface area contributed by atoms with Crippen molar-refractivity contribution in [2.45, 2.75) is 38.6 Å². The Bertz CT molecular complexity index is 72.6. The Morgan fingerprint density at radius 1 is 1.50 bits per heavy atom. The van der Waals surface area contributed by atoms with E-state index in [0.29, 0.717) is 0 Å². The molecule has 2 heteroatoms. The minimum atomic E-state index is -0.231. The SMILES string of the molecule is C[C@H]1C[C@@H](O)[C@@H](C)O1. The zero-order valence-corrected chi connectivity index (χ0v) is 5.29. The molecule has 1 rings (SSSR count). The van der Waals surface area contributed by atoms with Crippen molar-refractivity contribution in [3.8, 4) is 0 Å². The van der Waals surface area contributed by atoms with E-state index in [-0.39, 0.29) is 18.3 Å². The van der Waals surface area contributed by atoms with Gasteiger partial charge in [-0.05, 0) is 13.8 Å². The second-order valence-corrected chi connectivity index (χ2v) is 2.45. The van der Waals surface area contributed by atoms with E-state index >= 15 is 0 Å². The molecule has 1 aliphatic rings. The highest BCUT2D eigenvalue weighted by Crippen LogP contribution is 2.18. The Labute approximate surface area is 49.5 Å². The van der Waals surface area contributed by atoms with Gasteiger partial charge in [0.25, 0.3) is 0 Å². The first kappa shape index (κ1) is 6.05. The summed E-state index contributed by atoms with van der Waals surface area (Å²) in [6.45, 7) is 3.88. The van der Waals surface area contributed by atoms with Crippen molar-refractivity contribution < 1.29 is 9.84 Å². The molecule has 0 saturated carbocycles. The van der Waals surface area contributed by atoms with Crippen molar-refractivity contribution in [3.63, 3.8) is 0 Å². The summed E-state index contributed by atoms with van der Waals surface area (Å²) in [6.07, 6.45) is 0.858. The van der Waals surface area contributed by atoms with Crippen molar-refractivity contribution in [2.75, 3.05) is 0 Å². The monoisotopic (exact) mass is 116 g/mol. The summed E-state index contributed by atoms with van der Waals surface area (Å²) in [5, 5.41) is 9.04. The second-order valence-electron chi connectivity index (χ2n) is 2.45. The third-order valence-electron chi connectivity index (χ3n) is 1.56. The van der Waals surface area contributed by atoms with Gasteiger partial charge in [-0.15, -0.1) is 0 Å². The first-order chi connectivity index (χ1) is 3.70. The minimum absolute atomic E-state index is 0.0463. The Hall–Kier alpha value is -0.0800. The van der Waals surface area contributed by atoms with Crippen LogP contribution in [0.25, 0.3) is 0 Å². The summed E-state index contributed by atoms with van der Waals surface area (Å²) in [7, 11) is 0. The van der Waals surface area contributed by atoms with Gasteiger partial charge in [0.2, 0.25) is 0 Å². The molecule has 0 bridgehead atoms. The average molecular weight is 116 g/mol. The van der Waals surface area contributed by atoms with E-state index in [1.54, 1.807) is 0 Å². The number of aliphatic hydroxyl groups excluding tert-OH is 1. The van der Waals surface area contributed by atoms with Crippen molar-refractivity contribution >= 4 is 0 Å². The third-order valence-corrected chi connectivity index (χ3v) is 1.56. The molecule has 1 heterocycles. The number of aliphatic hydroxyl groups is 1. The number of hydrogen-bond donors (Lipinski definition) is 1. The predicted octanol–water partition coefficient (Wildman–Crippen LogP) is 0.545. The van der Waals surface area contributed by atoms with E-state index in [0.717, 1.165) is 6.42 Å². The fourth-order valence-electron chi connectivity index (χ4n) is 1.04. The van der Waals surface area contributed by atoms with Crippen LogP contribution in [0.2, 0.25) is 0 Å². The first-order valence-corrected chi connectivity index (χ1v) is 3.03. The lowest BCUT2D eigenvalue weighted by Gasteiger charge is -2.04. The van der Waals surface area contributed by atoms with Crippen LogP contribution in [0.1, 0.15) is 20.3 Å². The first-order valence-electron chi connectivity index (χ1n) is 3.03. The smallest absolute Gasteiger partial charge is 0.0823 e. The Balaban J connectivity index is 2.39. The lowest BCUT2D eigenvalue weighted by molar-refractivity contribution is 0.0287. The Morgan fingerprint density at radius 3 is 2.25 bits per heavy atom. The molecule has 1 saturated heterocycles. The highest BCUT2D eigenvalue weighted by Gasteiger charge is 2.26. The van der Waals surface area contributed by atoms with Crippen LogP contribution in [-0.2, 0) is 4.74 Å². The summed E-state index contributed by atoms with van der Waals surface area (Å²) < 4.78 is 5.22. The molecule has 2 nitrogen and oxygen atoms in total. The van der Waals surface area contributed by atoms with Gasteiger partial charge >= 0.3 is 0 Å². The summed E-state index contributed by atoms with van der Waals surface area (Å²) in [4.78, 5) is 0. The fourth-order valence-corrected chi connectivity index (χ4v) is 1.04. The Morgan fingerprint density at radius 2 is 2.12 bits per heavy atom. The van der Waals surface area contributed by atoms with E-state index in [4.69, 9.17) is 9.84 Å². The zero-order chi connectivity index (χ0) is 6.15. The topological polar surface area (TPSA) is 29.5 Å². The van der Waals surface area contributed by atoms with E-state index in [1.165, 1.54) is 0 Å². The molecule has 0 amide bonds. The van der Waals surface area contributed by atoms with Crippen molar-refractivity contribution in [1.29, 1.82) is 0 Å². The van der Waals surface area contributed by atoms with Crippen LogP contribution in [0.4, 0.5) is 0 Å². The van der Waals surface area contributed by atoms with Crippen LogP contribution in [0.3, 0.4) is 0 Å². The molecule has 0 radical (unpaired) electrons. The van der Waals surface area contributed by atoms with Crippen LogP contribution in [-0.4, -0.2) is 23.4 Å². The van der Waals surface area contributed by atoms with Gasteiger partial charge in [0.05, 0.1) is 18.3 Å². The quantitative estimate of drug-likeness (QED) is 0.500.